The molecule has 0 unspecified atom stereocenters. The van der Waals surface area contributed by atoms with Crippen molar-refractivity contribution in [3.63, 3.8) is 0 Å². The molecule has 1 aromatic heterocycles. The number of nitrogens with zero attached hydrogens (tertiary/aromatic N) is 3. The van der Waals surface area contributed by atoms with Crippen LogP contribution in [0.25, 0.3) is 10.9 Å². The fourth-order valence-corrected chi connectivity index (χ4v) is 5.62. The van der Waals surface area contributed by atoms with E-state index in [4.69, 9.17) is 14.5 Å². The molecule has 14 heteroatoms. The van der Waals surface area contributed by atoms with Crippen molar-refractivity contribution >= 4 is 81.3 Å². The van der Waals surface area contributed by atoms with Crippen LogP contribution in [-0.4, -0.2) is 64.9 Å². The van der Waals surface area contributed by atoms with Gasteiger partial charge in [-0.15, -0.1) is 37.2 Å². The van der Waals surface area contributed by atoms with E-state index in [0.29, 0.717) is 35.6 Å². The van der Waals surface area contributed by atoms with Gasteiger partial charge in [-0.1, -0.05) is 0 Å². The van der Waals surface area contributed by atoms with Crippen molar-refractivity contribution in [2.45, 2.75) is 4.90 Å². The topological polar surface area (TPSA) is 121 Å². The predicted molar refractivity (Wildman–Crippen MR) is 172 cm³/mol. The number of benzene rings is 3. The maximum Gasteiger partial charge on any atom is 0.336 e. The molecular formula is C28H31Cl3N4O6S. The average molecular weight is 658 g/mol. The minimum absolute atomic E-state index is 0. The van der Waals surface area contributed by atoms with Gasteiger partial charge in [0.15, 0.2) is 0 Å². The highest BCUT2D eigenvalue weighted by atomic mass is 35.5. The van der Waals surface area contributed by atoms with Gasteiger partial charge in [0.25, 0.3) is 10.0 Å². The van der Waals surface area contributed by atoms with Crippen molar-refractivity contribution in [2.24, 2.45) is 0 Å². The summed E-state index contributed by atoms with van der Waals surface area (Å²) in [5.74, 6) is 0.793. The Hall–Kier alpha value is -3.64. The summed E-state index contributed by atoms with van der Waals surface area (Å²) in [6, 6.07) is 20.1. The SMILES string of the molecule is COc1ccc(N2CCN(c3cc(C(=O)O)c4cc(NS(=O)(=O)c5ccc(OC)cc5)ccc4n3)CC2)cc1.Cl.Cl.Cl. The highest BCUT2D eigenvalue weighted by molar-refractivity contribution is 7.92. The Morgan fingerprint density at radius 1 is 0.810 bits per heavy atom. The van der Waals surface area contributed by atoms with Crippen LogP contribution in [0.1, 0.15) is 10.4 Å². The third-order valence-corrected chi connectivity index (χ3v) is 8.09. The smallest absolute Gasteiger partial charge is 0.336 e. The number of carboxylic acids is 1. The number of fused-ring (bicyclic) bond motifs is 1. The second-order valence-corrected chi connectivity index (χ2v) is 10.7. The number of rotatable bonds is 8. The molecule has 0 amide bonds. The summed E-state index contributed by atoms with van der Waals surface area (Å²) in [7, 11) is -0.756. The lowest BCUT2D eigenvalue weighted by Gasteiger charge is -2.37. The van der Waals surface area contributed by atoms with Gasteiger partial charge >= 0.3 is 5.97 Å². The number of anilines is 3. The number of ether oxygens (including phenoxy) is 2. The van der Waals surface area contributed by atoms with Crippen molar-refractivity contribution in [1.29, 1.82) is 0 Å². The van der Waals surface area contributed by atoms with Crippen LogP contribution in [0.5, 0.6) is 11.5 Å². The van der Waals surface area contributed by atoms with Gasteiger partial charge in [-0.05, 0) is 72.8 Å². The van der Waals surface area contributed by atoms with E-state index in [0.717, 1.165) is 24.5 Å². The van der Waals surface area contributed by atoms with E-state index in [-0.39, 0.29) is 53.4 Å². The van der Waals surface area contributed by atoms with Crippen molar-refractivity contribution in [3.05, 3.63) is 78.4 Å². The van der Waals surface area contributed by atoms with E-state index in [1.54, 1.807) is 37.4 Å². The van der Waals surface area contributed by atoms with Crippen LogP contribution in [0, 0.1) is 0 Å². The highest BCUT2D eigenvalue weighted by Gasteiger charge is 2.22. The molecule has 226 valence electrons. The molecule has 2 heterocycles. The Labute approximate surface area is 262 Å². The van der Waals surface area contributed by atoms with Gasteiger partial charge in [0.1, 0.15) is 17.3 Å². The second kappa shape index (κ2) is 14.5. The number of pyridine rings is 1. The Morgan fingerprint density at radius 2 is 1.36 bits per heavy atom. The standard InChI is InChI=1S/C28H28N4O6S.3ClH/c1-37-21-6-4-20(5-7-21)31-13-15-32(16-14-31)27-18-25(28(33)34)24-17-19(3-12-26(24)29-27)30-39(35,36)23-10-8-22(38-2)9-11-23;;;/h3-12,17-18,30H,13-16H2,1-2H3,(H,33,34);3*1H. The molecule has 10 nitrogen and oxygen atoms in total. The van der Waals surface area contributed by atoms with E-state index >= 15 is 0 Å². The van der Waals surface area contributed by atoms with Crippen LogP contribution in [0.2, 0.25) is 0 Å². The lowest BCUT2D eigenvalue weighted by Crippen LogP contribution is -2.46. The van der Waals surface area contributed by atoms with Crippen molar-refractivity contribution in [1.82, 2.24) is 4.98 Å². The van der Waals surface area contributed by atoms with Gasteiger partial charge in [0, 0.05) is 42.9 Å². The summed E-state index contributed by atoms with van der Waals surface area (Å²) in [6.07, 6.45) is 0. The summed E-state index contributed by atoms with van der Waals surface area (Å²) in [5, 5.41) is 10.3. The number of methoxy groups -OCH3 is 2. The molecule has 3 aromatic carbocycles. The van der Waals surface area contributed by atoms with E-state index < -0.39 is 16.0 Å². The number of aromatic nitrogens is 1. The number of hydrogen-bond acceptors (Lipinski definition) is 8. The second-order valence-electron chi connectivity index (χ2n) is 9.02. The quantitative estimate of drug-likeness (QED) is 0.259. The Morgan fingerprint density at radius 3 is 1.90 bits per heavy atom. The summed E-state index contributed by atoms with van der Waals surface area (Å²) < 4.78 is 38.6. The van der Waals surface area contributed by atoms with Crippen LogP contribution in [0.3, 0.4) is 0 Å². The molecule has 4 aromatic rings. The summed E-state index contributed by atoms with van der Waals surface area (Å²) in [5.41, 5.74) is 1.86. The number of aromatic carboxylic acids is 1. The zero-order valence-corrected chi connectivity index (χ0v) is 26.0. The van der Waals surface area contributed by atoms with E-state index in [9.17, 15) is 18.3 Å². The van der Waals surface area contributed by atoms with Gasteiger partial charge < -0.3 is 24.4 Å². The summed E-state index contributed by atoms with van der Waals surface area (Å²) in [6.45, 7) is 2.84. The lowest BCUT2D eigenvalue weighted by molar-refractivity contribution is 0.0699. The lowest BCUT2D eigenvalue weighted by atomic mass is 10.1. The molecule has 2 N–H and O–H groups in total. The van der Waals surface area contributed by atoms with Crippen LogP contribution in [0.15, 0.2) is 77.7 Å². The van der Waals surface area contributed by atoms with Crippen LogP contribution in [-0.2, 0) is 10.0 Å². The molecule has 0 saturated carbocycles. The molecule has 1 aliphatic heterocycles. The first-order chi connectivity index (χ1) is 18.8. The number of halogens is 3. The largest absolute Gasteiger partial charge is 0.497 e. The third-order valence-electron chi connectivity index (χ3n) is 6.69. The monoisotopic (exact) mass is 656 g/mol. The normalized spacial score (nSPS) is 12.8. The van der Waals surface area contributed by atoms with Crippen molar-refractivity contribution in [2.75, 3.05) is 54.9 Å². The van der Waals surface area contributed by atoms with Gasteiger partial charge in [0.2, 0.25) is 0 Å². The van der Waals surface area contributed by atoms with E-state index in [1.807, 2.05) is 24.3 Å². The van der Waals surface area contributed by atoms with Gasteiger partial charge in [-0.3, -0.25) is 4.72 Å². The highest BCUT2D eigenvalue weighted by Crippen LogP contribution is 2.29. The zero-order chi connectivity index (χ0) is 27.6. The Balaban J connectivity index is 0.00000205. The molecular weight excluding hydrogens is 627 g/mol. The molecule has 0 atom stereocenters. The molecule has 0 radical (unpaired) electrons. The van der Waals surface area contributed by atoms with Crippen LogP contribution in [0.4, 0.5) is 17.2 Å². The fourth-order valence-electron chi connectivity index (χ4n) is 4.57. The molecule has 1 aliphatic rings. The number of nitrogens with one attached hydrogen (secondary N) is 1. The van der Waals surface area contributed by atoms with Gasteiger partial charge in [-0.25, -0.2) is 18.2 Å². The number of sulfonamides is 1. The predicted octanol–water partition coefficient (Wildman–Crippen LogP) is 5.34. The fraction of sp³-hybridized carbons (Fsp3) is 0.214. The first-order valence-electron chi connectivity index (χ1n) is 12.3. The van der Waals surface area contributed by atoms with Crippen LogP contribution < -0.4 is 24.0 Å². The maximum atomic E-state index is 12.9. The number of carboxylic acid groups (broad SMARTS) is 1. The zero-order valence-electron chi connectivity index (χ0n) is 22.7. The molecule has 1 fully saturated rings. The molecule has 5 rings (SSSR count). The number of hydrogen-bond donors (Lipinski definition) is 2. The first kappa shape index (κ1) is 34.6. The number of piperazine rings is 1. The minimum atomic E-state index is -3.89. The molecule has 0 bridgehead atoms. The molecule has 1 saturated heterocycles. The van der Waals surface area contributed by atoms with Gasteiger partial charge in [0.05, 0.1) is 30.2 Å². The molecule has 42 heavy (non-hydrogen) atoms. The minimum Gasteiger partial charge on any atom is -0.497 e. The maximum absolute atomic E-state index is 12.9. The third kappa shape index (κ3) is 7.40. The summed E-state index contributed by atoms with van der Waals surface area (Å²) in [4.78, 5) is 21.3. The van der Waals surface area contributed by atoms with E-state index in [1.165, 1.54) is 25.3 Å². The Bertz CT molecular complexity index is 1620. The van der Waals surface area contributed by atoms with Crippen molar-refractivity contribution in [3.8, 4) is 11.5 Å². The van der Waals surface area contributed by atoms with E-state index in [2.05, 4.69) is 14.5 Å². The van der Waals surface area contributed by atoms with Crippen LogP contribution >= 0.6 is 37.2 Å². The van der Waals surface area contributed by atoms with Crippen molar-refractivity contribution < 1.29 is 27.8 Å². The average Bonchev–Trinajstić information content (AvgIpc) is 2.96. The first-order valence-corrected chi connectivity index (χ1v) is 13.7. The summed E-state index contributed by atoms with van der Waals surface area (Å²) >= 11 is 0. The molecule has 0 aliphatic carbocycles. The molecule has 0 spiro atoms. The number of carbonyl (C=O) groups is 1. The Kier molecular flexibility index (Phi) is 11.9. The van der Waals surface area contributed by atoms with Gasteiger partial charge in [-0.2, -0.15) is 0 Å².